The summed E-state index contributed by atoms with van der Waals surface area (Å²) in [6, 6.07) is -0.343. The summed E-state index contributed by atoms with van der Waals surface area (Å²) >= 11 is 0. The first kappa shape index (κ1) is 7.50. The van der Waals surface area contributed by atoms with Crippen LogP contribution in [0.2, 0.25) is 0 Å². The Hall–Kier alpha value is -0.610. The predicted molar refractivity (Wildman–Crippen MR) is 34.7 cm³/mol. The second-order valence-electron chi connectivity index (χ2n) is 2.66. The van der Waals surface area contributed by atoms with E-state index in [0.29, 0.717) is 13.0 Å². The van der Waals surface area contributed by atoms with Crippen molar-refractivity contribution in [2.75, 3.05) is 6.54 Å². The topological polar surface area (TPSA) is 69.6 Å². The number of rotatable bonds is 1. The molecule has 10 heavy (non-hydrogen) atoms. The van der Waals surface area contributed by atoms with Gasteiger partial charge in [-0.2, -0.15) is 0 Å². The van der Waals surface area contributed by atoms with Gasteiger partial charge in [-0.1, -0.05) is 0 Å². The van der Waals surface area contributed by atoms with E-state index in [0.717, 1.165) is 0 Å². The molecule has 3 N–H and O–H groups in total. The van der Waals surface area contributed by atoms with Crippen molar-refractivity contribution >= 4 is 5.97 Å². The first-order valence-corrected chi connectivity index (χ1v) is 3.26. The number of hydrogen-bond donors (Lipinski definition) is 3. The van der Waals surface area contributed by atoms with Crippen molar-refractivity contribution in [2.24, 2.45) is 0 Å². The van der Waals surface area contributed by atoms with Crippen LogP contribution in [0, 0.1) is 0 Å². The number of aliphatic carboxylic acids is 1. The van der Waals surface area contributed by atoms with Crippen LogP contribution in [0.4, 0.5) is 0 Å². The molecular weight excluding hydrogens is 134 g/mol. The highest BCUT2D eigenvalue weighted by molar-refractivity contribution is 5.78. The zero-order chi connectivity index (χ0) is 7.78. The van der Waals surface area contributed by atoms with Gasteiger partial charge in [0, 0.05) is 12.5 Å². The van der Waals surface area contributed by atoms with Crippen molar-refractivity contribution in [2.45, 2.75) is 25.0 Å². The lowest BCUT2D eigenvalue weighted by molar-refractivity contribution is -0.158. The highest BCUT2D eigenvalue weighted by Crippen LogP contribution is 2.20. The first-order valence-electron chi connectivity index (χ1n) is 3.26. The minimum absolute atomic E-state index is 0.295. The van der Waals surface area contributed by atoms with E-state index >= 15 is 0 Å². The molecule has 0 aromatic carbocycles. The Bertz CT molecular complexity index is 159. The van der Waals surface area contributed by atoms with E-state index in [4.69, 9.17) is 5.11 Å². The van der Waals surface area contributed by atoms with Gasteiger partial charge in [0.25, 0.3) is 0 Å². The summed E-state index contributed by atoms with van der Waals surface area (Å²) in [5, 5.41) is 20.8. The maximum atomic E-state index is 10.4. The highest BCUT2D eigenvalue weighted by atomic mass is 16.4. The molecule has 1 aliphatic heterocycles. The smallest absolute Gasteiger partial charge is 0.337 e. The number of carboxylic acids is 1. The van der Waals surface area contributed by atoms with Gasteiger partial charge in [-0.25, -0.2) is 4.79 Å². The molecule has 1 aliphatic rings. The molecule has 1 heterocycles. The predicted octanol–water partition coefficient (Wildman–Crippen LogP) is -0.816. The molecule has 1 saturated heterocycles. The summed E-state index contributed by atoms with van der Waals surface area (Å²) < 4.78 is 0. The van der Waals surface area contributed by atoms with Gasteiger partial charge >= 0.3 is 5.97 Å². The summed E-state index contributed by atoms with van der Waals surface area (Å²) in [4.78, 5) is 10.4. The number of carbonyl (C=O) groups is 1. The van der Waals surface area contributed by atoms with Crippen LogP contribution in [0.5, 0.6) is 0 Å². The van der Waals surface area contributed by atoms with Crippen LogP contribution in [0.15, 0.2) is 0 Å². The zero-order valence-electron chi connectivity index (χ0n) is 5.79. The first-order chi connectivity index (χ1) is 4.57. The largest absolute Gasteiger partial charge is 0.479 e. The lowest BCUT2D eigenvalue weighted by Crippen LogP contribution is -2.47. The molecular formula is C6H11NO3. The van der Waals surface area contributed by atoms with Crippen molar-refractivity contribution < 1.29 is 15.0 Å². The van der Waals surface area contributed by atoms with Crippen molar-refractivity contribution in [1.82, 2.24) is 5.32 Å². The van der Waals surface area contributed by atoms with E-state index in [2.05, 4.69) is 5.32 Å². The molecule has 0 spiro atoms. The SMILES string of the molecule is C[C@H]1NCC[C@]1(O)C(=O)O. The Morgan fingerprint density at radius 1 is 1.80 bits per heavy atom. The van der Waals surface area contributed by atoms with E-state index in [-0.39, 0.29) is 6.04 Å². The zero-order valence-corrected chi connectivity index (χ0v) is 5.79. The summed E-state index contributed by atoms with van der Waals surface area (Å²) in [6.07, 6.45) is 0.295. The van der Waals surface area contributed by atoms with Crippen molar-refractivity contribution in [3.63, 3.8) is 0 Å². The molecule has 0 amide bonds. The monoisotopic (exact) mass is 145 g/mol. The molecule has 4 heteroatoms. The van der Waals surface area contributed by atoms with Crippen LogP contribution in [-0.4, -0.2) is 34.4 Å². The Morgan fingerprint density at radius 2 is 2.40 bits per heavy atom. The summed E-state index contributed by atoms with van der Waals surface area (Å²) in [5.41, 5.74) is -1.54. The Morgan fingerprint density at radius 3 is 2.60 bits per heavy atom. The van der Waals surface area contributed by atoms with Gasteiger partial charge in [0.15, 0.2) is 5.60 Å². The average molecular weight is 145 g/mol. The van der Waals surface area contributed by atoms with Crippen LogP contribution in [0.3, 0.4) is 0 Å². The molecule has 58 valence electrons. The molecule has 1 fully saturated rings. The molecule has 0 radical (unpaired) electrons. The van der Waals surface area contributed by atoms with Crippen molar-refractivity contribution in [3.05, 3.63) is 0 Å². The van der Waals surface area contributed by atoms with Gasteiger partial charge in [0.2, 0.25) is 0 Å². The molecule has 0 saturated carbocycles. The van der Waals surface area contributed by atoms with Gasteiger partial charge in [0.1, 0.15) is 0 Å². The molecule has 0 aromatic rings. The van der Waals surface area contributed by atoms with Crippen LogP contribution in [0.1, 0.15) is 13.3 Å². The quantitative estimate of drug-likeness (QED) is 0.451. The molecule has 1 rings (SSSR count). The van der Waals surface area contributed by atoms with E-state index in [9.17, 15) is 9.90 Å². The van der Waals surface area contributed by atoms with Crippen molar-refractivity contribution in [3.8, 4) is 0 Å². The molecule has 2 atom stereocenters. The minimum atomic E-state index is -1.54. The van der Waals surface area contributed by atoms with Crippen LogP contribution >= 0.6 is 0 Å². The third-order valence-corrected chi connectivity index (χ3v) is 2.04. The Labute approximate surface area is 58.9 Å². The Balaban J connectivity index is 2.75. The average Bonchev–Trinajstić information content (AvgIpc) is 2.15. The second kappa shape index (κ2) is 2.21. The highest BCUT2D eigenvalue weighted by Gasteiger charge is 2.45. The van der Waals surface area contributed by atoms with E-state index < -0.39 is 11.6 Å². The standard InChI is InChI=1S/C6H11NO3/c1-4-6(10,5(8)9)2-3-7-4/h4,7,10H,2-3H2,1H3,(H,8,9)/t4-,6-/m1/s1. The van der Waals surface area contributed by atoms with Crippen LogP contribution in [-0.2, 0) is 4.79 Å². The van der Waals surface area contributed by atoms with E-state index in [1.54, 1.807) is 6.92 Å². The third-order valence-electron chi connectivity index (χ3n) is 2.04. The van der Waals surface area contributed by atoms with E-state index in [1.807, 2.05) is 0 Å². The van der Waals surface area contributed by atoms with Crippen molar-refractivity contribution in [1.29, 1.82) is 0 Å². The maximum absolute atomic E-state index is 10.4. The minimum Gasteiger partial charge on any atom is -0.479 e. The molecule has 0 aromatic heterocycles. The summed E-state index contributed by atoms with van der Waals surface area (Å²) in [6.45, 7) is 2.24. The van der Waals surface area contributed by atoms with Gasteiger partial charge in [0.05, 0.1) is 0 Å². The molecule has 4 nitrogen and oxygen atoms in total. The lowest BCUT2D eigenvalue weighted by atomic mass is 9.97. The maximum Gasteiger partial charge on any atom is 0.337 e. The molecule has 0 unspecified atom stereocenters. The molecule has 0 aliphatic carbocycles. The lowest BCUT2D eigenvalue weighted by Gasteiger charge is -2.20. The number of carboxylic acid groups (broad SMARTS) is 1. The van der Waals surface area contributed by atoms with Gasteiger partial charge in [-0.15, -0.1) is 0 Å². The Kier molecular flexibility index (Phi) is 1.66. The van der Waals surface area contributed by atoms with Crippen LogP contribution < -0.4 is 5.32 Å². The third kappa shape index (κ3) is 0.892. The fourth-order valence-electron chi connectivity index (χ4n) is 1.16. The van der Waals surface area contributed by atoms with Gasteiger partial charge in [-0.05, 0) is 13.5 Å². The van der Waals surface area contributed by atoms with Gasteiger partial charge < -0.3 is 15.5 Å². The van der Waals surface area contributed by atoms with Gasteiger partial charge in [-0.3, -0.25) is 0 Å². The fraction of sp³-hybridized carbons (Fsp3) is 0.833. The summed E-state index contributed by atoms with van der Waals surface area (Å²) in [7, 11) is 0. The summed E-state index contributed by atoms with van der Waals surface area (Å²) in [5.74, 6) is -1.13. The fourth-order valence-corrected chi connectivity index (χ4v) is 1.16. The number of nitrogens with one attached hydrogen (secondary N) is 1. The molecule has 0 bridgehead atoms. The normalized spacial score (nSPS) is 40.0. The number of hydrogen-bond acceptors (Lipinski definition) is 3. The van der Waals surface area contributed by atoms with Crippen LogP contribution in [0.25, 0.3) is 0 Å². The second-order valence-corrected chi connectivity index (χ2v) is 2.66. The number of aliphatic hydroxyl groups is 1. The van der Waals surface area contributed by atoms with E-state index in [1.165, 1.54) is 0 Å².